The summed E-state index contributed by atoms with van der Waals surface area (Å²) in [5.41, 5.74) is 4.24. The number of carbonyl (C=O) groups is 1. The Kier molecular flexibility index (Phi) is 5.58. The normalized spacial score (nSPS) is 18.3. The number of hydrogen-bond donors (Lipinski definition) is 2. The van der Waals surface area contributed by atoms with Gasteiger partial charge in [-0.15, -0.1) is 0 Å². The van der Waals surface area contributed by atoms with Crippen LogP contribution in [0.3, 0.4) is 0 Å². The van der Waals surface area contributed by atoms with Crippen molar-refractivity contribution in [3.8, 4) is 0 Å². The van der Waals surface area contributed by atoms with E-state index in [4.69, 9.17) is 0 Å². The summed E-state index contributed by atoms with van der Waals surface area (Å²) < 4.78 is 1.98. The molecule has 5 nitrogen and oxygen atoms in total. The molecule has 2 aliphatic carbocycles. The van der Waals surface area contributed by atoms with Crippen molar-refractivity contribution in [2.45, 2.75) is 70.4 Å². The molecular formula is C22H30N4O. The number of aromatic nitrogens is 2. The molecular weight excluding hydrogens is 336 g/mol. The first-order chi connectivity index (χ1) is 13.2. The van der Waals surface area contributed by atoms with Crippen molar-refractivity contribution >= 4 is 11.7 Å². The second-order valence-electron chi connectivity index (χ2n) is 7.99. The molecule has 0 saturated heterocycles. The van der Waals surface area contributed by atoms with Gasteiger partial charge in [0.15, 0.2) is 0 Å². The van der Waals surface area contributed by atoms with Crippen LogP contribution in [0.5, 0.6) is 0 Å². The van der Waals surface area contributed by atoms with E-state index in [1.807, 2.05) is 10.7 Å². The van der Waals surface area contributed by atoms with Gasteiger partial charge in [0.05, 0.1) is 18.8 Å². The van der Waals surface area contributed by atoms with Gasteiger partial charge in [0.1, 0.15) is 5.82 Å². The highest BCUT2D eigenvalue weighted by Gasteiger charge is 2.20. The van der Waals surface area contributed by atoms with E-state index >= 15 is 0 Å². The molecule has 2 aromatic rings. The number of aryl methyl sites for hydroxylation is 2. The van der Waals surface area contributed by atoms with Gasteiger partial charge in [0.25, 0.3) is 0 Å². The number of hydrogen-bond acceptors (Lipinski definition) is 3. The molecule has 5 heteroatoms. The number of rotatable bonds is 6. The molecule has 1 heterocycles. The summed E-state index contributed by atoms with van der Waals surface area (Å²) in [6.07, 6.45) is 11.5. The minimum Gasteiger partial charge on any atom is -0.310 e. The number of nitrogens with one attached hydrogen (secondary N) is 2. The van der Waals surface area contributed by atoms with Crippen LogP contribution in [0.15, 0.2) is 30.5 Å². The minimum absolute atomic E-state index is 0.0143. The van der Waals surface area contributed by atoms with Crippen LogP contribution < -0.4 is 10.6 Å². The molecule has 0 bridgehead atoms. The van der Waals surface area contributed by atoms with Crippen LogP contribution in [0.25, 0.3) is 0 Å². The number of anilines is 1. The van der Waals surface area contributed by atoms with E-state index in [1.54, 1.807) is 6.20 Å². The summed E-state index contributed by atoms with van der Waals surface area (Å²) in [6.45, 7) is 2.43. The molecule has 2 aliphatic rings. The Hall–Kier alpha value is -2.14. The lowest BCUT2D eigenvalue weighted by molar-refractivity contribution is -0.115. The van der Waals surface area contributed by atoms with Crippen molar-refractivity contribution in [1.82, 2.24) is 15.1 Å². The van der Waals surface area contributed by atoms with Gasteiger partial charge < -0.3 is 10.6 Å². The molecule has 27 heavy (non-hydrogen) atoms. The predicted octanol–water partition coefficient (Wildman–Crippen LogP) is 4.17. The fraction of sp³-hybridized carbons (Fsp3) is 0.545. The zero-order valence-electron chi connectivity index (χ0n) is 16.2. The van der Waals surface area contributed by atoms with Gasteiger partial charge in [0, 0.05) is 12.1 Å². The first-order valence-corrected chi connectivity index (χ1v) is 10.4. The number of amides is 1. The lowest BCUT2D eigenvalue weighted by atomic mass is 9.89. The molecule has 1 fully saturated rings. The molecule has 1 aromatic carbocycles. The molecule has 1 atom stereocenters. The molecule has 144 valence electrons. The molecule has 1 saturated carbocycles. The van der Waals surface area contributed by atoms with Gasteiger partial charge in [-0.2, -0.15) is 5.10 Å². The van der Waals surface area contributed by atoms with Crippen LogP contribution in [-0.4, -0.2) is 22.2 Å². The summed E-state index contributed by atoms with van der Waals surface area (Å²) in [6, 6.07) is 9.26. The van der Waals surface area contributed by atoms with E-state index in [0.717, 1.165) is 18.7 Å². The fourth-order valence-electron chi connectivity index (χ4n) is 4.43. The highest BCUT2D eigenvalue weighted by Crippen LogP contribution is 2.31. The minimum atomic E-state index is -0.0143. The van der Waals surface area contributed by atoms with Crippen molar-refractivity contribution in [3.63, 3.8) is 0 Å². The van der Waals surface area contributed by atoms with Crippen LogP contribution >= 0.6 is 0 Å². The Balaban J connectivity index is 1.32. The summed E-state index contributed by atoms with van der Waals surface area (Å²) in [5, 5.41) is 10.8. The van der Waals surface area contributed by atoms with E-state index in [1.165, 1.54) is 55.2 Å². The number of nitrogens with zero attached hydrogens (tertiary/aromatic N) is 2. The van der Waals surface area contributed by atoms with Crippen molar-refractivity contribution in [3.05, 3.63) is 47.2 Å². The summed E-state index contributed by atoms with van der Waals surface area (Å²) in [5.74, 6) is 0.801. The largest absolute Gasteiger partial charge is 0.310 e. The monoisotopic (exact) mass is 366 g/mol. The second-order valence-corrected chi connectivity index (χ2v) is 7.99. The van der Waals surface area contributed by atoms with E-state index < -0.39 is 0 Å². The zero-order valence-corrected chi connectivity index (χ0v) is 16.2. The van der Waals surface area contributed by atoms with Crippen LogP contribution in [-0.2, 0) is 17.6 Å². The lowest BCUT2D eigenvalue weighted by Gasteiger charge is -2.20. The maximum Gasteiger partial charge on any atom is 0.239 e. The molecule has 1 amide bonds. The van der Waals surface area contributed by atoms with Crippen LogP contribution in [0.2, 0.25) is 0 Å². The van der Waals surface area contributed by atoms with Gasteiger partial charge in [0.2, 0.25) is 5.91 Å². The van der Waals surface area contributed by atoms with Crippen LogP contribution in [0, 0.1) is 0 Å². The molecule has 1 aromatic heterocycles. The second kappa shape index (κ2) is 8.26. The maximum atomic E-state index is 12.4. The quantitative estimate of drug-likeness (QED) is 0.807. The number of carbonyl (C=O) groups excluding carboxylic acids is 1. The summed E-state index contributed by atoms with van der Waals surface area (Å²) >= 11 is 0. The summed E-state index contributed by atoms with van der Waals surface area (Å²) in [7, 11) is 0. The Morgan fingerprint density at radius 1 is 1.15 bits per heavy atom. The molecule has 2 N–H and O–H groups in total. The van der Waals surface area contributed by atoms with Gasteiger partial charge in [-0.1, -0.05) is 31.0 Å². The van der Waals surface area contributed by atoms with Gasteiger partial charge in [-0.05, 0) is 62.1 Å². The van der Waals surface area contributed by atoms with Crippen LogP contribution in [0.4, 0.5) is 5.82 Å². The third kappa shape index (κ3) is 4.24. The molecule has 1 unspecified atom stereocenters. The van der Waals surface area contributed by atoms with Gasteiger partial charge in [-0.25, -0.2) is 4.68 Å². The standard InChI is InChI=1S/C22H30N4O/c1-16(18-11-10-17-6-2-3-7-19(17)14-18)23-15-22(27)25-21-12-13-24-26(21)20-8-4-5-9-20/h10-14,16,20,23H,2-9,15H2,1H3,(H,25,27). The Bertz CT molecular complexity index is 791. The molecule has 0 aliphatic heterocycles. The van der Waals surface area contributed by atoms with Gasteiger partial charge in [-0.3, -0.25) is 4.79 Å². The summed E-state index contributed by atoms with van der Waals surface area (Å²) in [4.78, 5) is 12.4. The topological polar surface area (TPSA) is 59.0 Å². The Morgan fingerprint density at radius 2 is 1.93 bits per heavy atom. The molecule has 0 spiro atoms. The third-order valence-corrected chi connectivity index (χ3v) is 6.05. The van der Waals surface area contributed by atoms with Crippen molar-refractivity contribution in [1.29, 1.82) is 0 Å². The highest BCUT2D eigenvalue weighted by molar-refractivity contribution is 5.91. The number of benzene rings is 1. The predicted molar refractivity (Wildman–Crippen MR) is 108 cm³/mol. The lowest BCUT2D eigenvalue weighted by Crippen LogP contribution is -2.31. The average Bonchev–Trinajstić information content (AvgIpc) is 3.37. The highest BCUT2D eigenvalue weighted by atomic mass is 16.2. The first-order valence-electron chi connectivity index (χ1n) is 10.4. The maximum absolute atomic E-state index is 12.4. The van der Waals surface area contributed by atoms with E-state index in [9.17, 15) is 4.79 Å². The first kappa shape index (κ1) is 18.2. The third-order valence-electron chi connectivity index (χ3n) is 6.05. The van der Waals surface area contributed by atoms with Gasteiger partial charge >= 0.3 is 0 Å². The van der Waals surface area contributed by atoms with Crippen molar-refractivity contribution in [2.75, 3.05) is 11.9 Å². The van der Waals surface area contributed by atoms with E-state index in [-0.39, 0.29) is 11.9 Å². The average molecular weight is 367 g/mol. The van der Waals surface area contributed by atoms with Crippen molar-refractivity contribution in [2.24, 2.45) is 0 Å². The van der Waals surface area contributed by atoms with Crippen molar-refractivity contribution < 1.29 is 4.79 Å². The number of fused-ring (bicyclic) bond motifs is 1. The molecule has 4 rings (SSSR count). The van der Waals surface area contributed by atoms with E-state index in [0.29, 0.717) is 12.6 Å². The van der Waals surface area contributed by atoms with E-state index in [2.05, 4.69) is 40.9 Å². The zero-order chi connectivity index (χ0) is 18.6. The SMILES string of the molecule is CC(NCC(=O)Nc1ccnn1C1CCCC1)c1ccc2c(c1)CCCC2. The Morgan fingerprint density at radius 3 is 2.74 bits per heavy atom. The molecule has 0 radical (unpaired) electrons. The smallest absolute Gasteiger partial charge is 0.239 e. The Labute approximate surface area is 161 Å². The fourth-order valence-corrected chi connectivity index (χ4v) is 4.43. The van der Waals surface area contributed by atoms with Crippen LogP contribution in [0.1, 0.15) is 74.2 Å².